The smallest absolute Gasteiger partial charge is 0.307 e. The van der Waals surface area contributed by atoms with E-state index in [0.717, 1.165) is 18.4 Å². The average molecular weight is 238 g/mol. The van der Waals surface area contributed by atoms with Crippen LogP contribution in [0, 0.1) is 17.7 Å². The molecule has 0 spiro atoms. The molecular weight excluding hydrogens is 219 g/mol. The Balaban J connectivity index is 2.73. The lowest BCUT2D eigenvalue weighted by atomic mass is 9.85. The number of hydrogen-bond acceptors (Lipinski definition) is 1. The quantitative estimate of drug-likeness (QED) is 0.823. The van der Waals surface area contributed by atoms with Gasteiger partial charge in [-0.3, -0.25) is 4.79 Å². The molecule has 94 valence electrons. The lowest BCUT2D eigenvalue weighted by Gasteiger charge is -2.19. The number of benzene rings is 1. The molecule has 3 heteroatoms. The molecule has 0 aliphatic carbocycles. The maximum Gasteiger partial charge on any atom is 0.307 e. The summed E-state index contributed by atoms with van der Waals surface area (Å²) in [5.41, 5.74) is 0.877. The van der Waals surface area contributed by atoms with Crippen LogP contribution in [-0.4, -0.2) is 11.1 Å². The van der Waals surface area contributed by atoms with Gasteiger partial charge >= 0.3 is 5.97 Å². The molecule has 0 saturated carbocycles. The zero-order valence-electron chi connectivity index (χ0n) is 10.3. The van der Waals surface area contributed by atoms with E-state index in [-0.39, 0.29) is 17.7 Å². The number of carbonyl (C=O) groups is 1. The lowest BCUT2D eigenvalue weighted by molar-refractivity contribution is -0.143. The Bertz CT molecular complexity index is 359. The molecule has 0 radical (unpaired) electrons. The Hall–Kier alpha value is -1.38. The van der Waals surface area contributed by atoms with E-state index in [2.05, 4.69) is 0 Å². The number of halogens is 1. The highest BCUT2D eigenvalue weighted by Crippen LogP contribution is 2.22. The van der Waals surface area contributed by atoms with Crippen LogP contribution < -0.4 is 0 Å². The Morgan fingerprint density at radius 2 is 1.94 bits per heavy atom. The molecule has 0 amide bonds. The number of hydrogen-bond donors (Lipinski definition) is 1. The molecule has 0 heterocycles. The van der Waals surface area contributed by atoms with Crippen LogP contribution in [0.15, 0.2) is 24.3 Å². The minimum Gasteiger partial charge on any atom is -0.481 e. The molecule has 0 saturated heterocycles. The summed E-state index contributed by atoms with van der Waals surface area (Å²) in [5, 5.41) is 9.21. The van der Waals surface area contributed by atoms with Crippen molar-refractivity contribution in [1.82, 2.24) is 0 Å². The van der Waals surface area contributed by atoms with Crippen molar-refractivity contribution < 1.29 is 14.3 Å². The Morgan fingerprint density at radius 1 is 1.35 bits per heavy atom. The number of rotatable bonds is 6. The maximum absolute atomic E-state index is 12.7. The third-order valence-electron chi connectivity index (χ3n) is 3.12. The average Bonchev–Trinajstić information content (AvgIpc) is 2.28. The third-order valence-corrected chi connectivity index (χ3v) is 3.12. The van der Waals surface area contributed by atoms with Crippen LogP contribution in [0.2, 0.25) is 0 Å². The normalized spacial score (nSPS) is 14.3. The molecule has 1 aromatic rings. The van der Waals surface area contributed by atoms with Gasteiger partial charge in [0.25, 0.3) is 0 Å². The summed E-state index contributed by atoms with van der Waals surface area (Å²) in [7, 11) is 0. The third kappa shape index (κ3) is 4.17. The first-order chi connectivity index (χ1) is 8.04. The zero-order chi connectivity index (χ0) is 12.8. The minimum absolute atomic E-state index is 0.141. The zero-order valence-corrected chi connectivity index (χ0v) is 10.3. The van der Waals surface area contributed by atoms with Gasteiger partial charge in [0.2, 0.25) is 0 Å². The summed E-state index contributed by atoms with van der Waals surface area (Å²) in [6.45, 7) is 4.01. The van der Waals surface area contributed by atoms with E-state index >= 15 is 0 Å². The van der Waals surface area contributed by atoms with Gasteiger partial charge in [-0.2, -0.15) is 0 Å². The van der Waals surface area contributed by atoms with Crippen LogP contribution in [0.5, 0.6) is 0 Å². The Kier molecular flexibility index (Phi) is 5.13. The second-order valence-electron chi connectivity index (χ2n) is 4.54. The summed E-state index contributed by atoms with van der Waals surface area (Å²) in [4.78, 5) is 11.2. The predicted octanol–water partition coefficient (Wildman–Crippen LogP) is 3.51. The Morgan fingerprint density at radius 3 is 2.41 bits per heavy atom. The molecule has 0 bridgehead atoms. The second-order valence-corrected chi connectivity index (χ2v) is 4.54. The van der Waals surface area contributed by atoms with Crippen LogP contribution >= 0.6 is 0 Å². The fourth-order valence-electron chi connectivity index (χ4n) is 2.06. The van der Waals surface area contributed by atoms with Crippen molar-refractivity contribution in [2.45, 2.75) is 33.1 Å². The van der Waals surface area contributed by atoms with Crippen molar-refractivity contribution in [2.75, 3.05) is 0 Å². The van der Waals surface area contributed by atoms with E-state index in [1.165, 1.54) is 12.1 Å². The minimum atomic E-state index is -0.768. The van der Waals surface area contributed by atoms with Crippen molar-refractivity contribution in [3.8, 4) is 0 Å². The molecule has 0 aliphatic heterocycles. The standard InChI is InChI=1S/C14H19FO2/c1-3-4-10(2)13(14(16)17)9-11-5-7-12(15)8-6-11/h5-8,10,13H,3-4,9H2,1-2H3,(H,16,17). The summed E-state index contributed by atoms with van der Waals surface area (Å²) in [6.07, 6.45) is 2.35. The molecule has 1 N–H and O–H groups in total. The number of carboxylic acids is 1. The van der Waals surface area contributed by atoms with Crippen LogP contribution in [0.4, 0.5) is 4.39 Å². The van der Waals surface area contributed by atoms with E-state index in [9.17, 15) is 14.3 Å². The van der Waals surface area contributed by atoms with Gasteiger partial charge < -0.3 is 5.11 Å². The molecule has 0 aliphatic rings. The SMILES string of the molecule is CCCC(C)C(Cc1ccc(F)cc1)C(=O)O. The largest absolute Gasteiger partial charge is 0.481 e. The molecule has 17 heavy (non-hydrogen) atoms. The van der Waals surface area contributed by atoms with Gasteiger partial charge in [0.05, 0.1) is 5.92 Å². The maximum atomic E-state index is 12.7. The van der Waals surface area contributed by atoms with E-state index < -0.39 is 5.97 Å². The molecule has 2 nitrogen and oxygen atoms in total. The van der Waals surface area contributed by atoms with Gasteiger partial charge in [0.15, 0.2) is 0 Å². The molecule has 1 rings (SSSR count). The highest BCUT2D eigenvalue weighted by atomic mass is 19.1. The monoisotopic (exact) mass is 238 g/mol. The van der Waals surface area contributed by atoms with Gasteiger partial charge in [-0.25, -0.2) is 4.39 Å². The molecule has 0 fully saturated rings. The first-order valence-corrected chi connectivity index (χ1v) is 6.01. The summed E-state index contributed by atoms with van der Waals surface area (Å²) < 4.78 is 12.7. The van der Waals surface area contributed by atoms with E-state index in [1.54, 1.807) is 12.1 Å². The van der Waals surface area contributed by atoms with Gasteiger partial charge in [0, 0.05) is 0 Å². The Labute approximate surface area is 101 Å². The topological polar surface area (TPSA) is 37.3 Å². The first-order valence-electron chi connectivity index (χ1n) is 6.01. The molecule has 2 unspecified atom stereocenters. The van der Waals surface area contributed by atoms with Crippen molar-refractivity contribution in [3.63, 3.8) is 0 Å². The van der Waals surface area contributed by atoms with Gasteiger partial charge in [0.1, 0.15) is 5.82 Å². The van der Waals surface area contributed by atoms with Crippen molar-refractivity contribution in [2.24, 2.45) is 11.8 Å². The fraction of sp³-hybridized carbons (Fsp3) is 0.500. The van der Waals surface area contributed by atoms with E-state index in [4.69, 9.17) is 0 Å². The number of carboxylic acid groups (broad SMARTS) is 1. The van der Waals surface area contributed by atoms with Crippen molar-refractivity contribution in [3.05, 3.63) is 35.6 Å². The van der Waals surface area contributed by atoms with Gasteiger partial charge in [-0.15, -0.1) is 0 Å². The number of aliphatic carboxylic acids is 1. The summed E-state index contributed by atoms with van der Waals surface area (Å²) in [5.74, 6) is -1.31. The molecule has 1 aromatic carbocycles. The highest BCUT2D eigenvalue weighted by molar-refractivity contribution is 5.70. The van der Waals surface area contributed by atoms with Crippen LogP contribution in [0.3, 0.4) is 0 Å². The van der Waals surface area contributed by atoms with E-state index in [0.29, 0.717) is 6.42 Å². The van der Waals surface area contributed by atoms with Gasteiger partial charge in [-0.05, 0) is 30.0 Å². The first kappa shape index (κ1) is 13.7. The van der Waals surface area contributed by atoms with Crippen LogP contribution in [0.1, 0.15) is 32.3 Å². The lowest BCUT2D eigenvalue weighted by Crippen LogP contribution is -2.24. The molecule has 0 aromatic heterocycles. The summed E-state index contributed by atoms with van der Waals surface area (Å²) in [6, 6.07) is 6.06. The molecule has 2 atom stereocenters. The van der Waals surface area contributed by atoms with Gasteiger partial charge in [-0.1, -0.05) is 38.8 Å². The highest BCUT2D eigenvalue weighted by Gasteiger charge is 2.24. The predicted molar refractivity (Wildman–Crippen MR) is 65.3 cm³/mol. The second kappa shape index (κ2) is 6.38. The van der Waals surface area contributed by atoms with Crippen molar-refractivity contribution in [1.29, 1.82) is 0 Å². The molecular formula is C14H19FO2. The van der Waals surface area contributed by atoms with Crippen LogP contribution in [0.25, 0.3) is 0 Å². The van der Waals surface area contributed by atoms with Crippen molar-refractivity contribution >= 4 is 5.97 Å². The fourth-order valence-corrected chi connectivity index (χ4v) is 2.06. The van der Waals surface area contributed by atoms with E-state index in [1.807, 2.05) is 13.8 Å². The summed E-state index contributed by atoms with van der Waals surface area (Å²) >= 11 is 0. The van der Waals surface area contributed by atoms with Crippen LogP contribution in [-0.2, 0) is 11.2 Å².